The summed E-state index contributed by atoms with van der Waals surface area (Å²) in [4.78, 5) is 10.8. The maximum Gasteiger partial charge on any atom is 0.335 e. The smallest absolute Gasteiger partial charge is 0.335 e. The van der Waals surface area contributed by atoms with Gasteiger partial charge >= 0.3 is 5.97 Å². The zero-order chi connectivity index (χ0) is 9.84. The predicted octanol–water partition coefficient (Wildman–Crippen LogP) is 2.74. The summed E-state index contributed by atoms with van der Waals surface area (Å²) >= 11 is 5.82. The van der Waals surface area contributed by atoms with E-state index in [1.807, 2.05) is 13.0 Å². The Kier molecular flexibility index (Phi) is 3.09. The van der Waals surface area contributed by atoms with Crippen LogP contribution in [-0.4, -0.2) is 5.97 Å². The molecule has 1 aromatic carbocycles. The first-order valence-corrected chi connectivity index (χ1v) is 4.11. The summed E-state index contributed by atoms with van der Waals surface area (Å²) in [6.45, 7) is 5.19. The topological polar surface area (TPSA) is 26.3 Å². The molecule has 0 N–H and O–H groups in total. The van der Waals surface area contributed by atoms with E-state index < -0.39 is 5.97 Å². The van der Waals surface area contributed by atoms with E-state index in [2.05, 4.69) is 6.58 Å². The van der Waals surface area contributed by atoms with Crippen LogP contribution in [0.2, 0.25) is 5.02 Å². The average molecular weight is 197 g/mol. The number of benzene rings is 1. The van der Waals surface area contributed by atoms with E-state index in [0.29, 0.717) is 10.8 Å². The fraction of sp³-hybridized carbons (Fsp3) is 0.100. The molecule has 0 saturated carbocycles. The zero-order valence-electron chi connectivity index (χ0n) is 7.21. The molecule has 0 amide bonds. The van der Waals surface area contributed by atoms with Crippen LogP contribution >= 0.6 is 11.6 Å². The number of rotatable bonds is 2. The Morgan fingerprint density at radius 3 is 2.85 bits per heavy atom. The quantitative estimate of drug-likeness (QED) is 0.413. The highest BCUT2D eigenvalue weighted by Gasteiger charge is 2.04. The third kappa shape index (κ3) is 2.60. The van der Waals surface area contributed by atoms with Gasteiger partial charge in [-0.15, -0.1) is 0 Å². The lowest BCUT2D eigenvalue weighted by Crippen LogP contribution is -2.03. The van der Waals surface area contributed by atoms with Gasteiger partial charge in [-0.05, 0) is 24.6 Å². The summed E-state index contributed by atoms with van der Waals surface area (Å²) in [5.41, 5.74) is 1.02. The van der Waals surface area contributed by atoms with Gasteiger partial charge in [-0.3, -0.25) is 0 Å². The van der Waals surface area contributed by atoms with Gasteiger partial charge in [0, 0.05) is 6.08 Å². The number of halogens is 1. The van der Waals surface area contributed by atoms with Crippen LogP contribution in [0, 0.1) is 6.92 Å². The summed E-state index contributed by atoms with van der Waals surface area (Å²) in [7, 11) is 0. The first kappa shape index (κ1) is 9.81. The zero-order valence-corrected chi connectivity index (χ0v) is 7.97. The van der Waals surface area contributed by atoms with E-state index in [0.717, 1.165) is 11.6 Å². The first-order valence-electron chi connectivity index (χ1n) is 3.74. The molecule has 13 heavy (non-hydrogen) atoms. The minimum Gasteiger partial charge on any atom is -0.422 e. The van der Waals surface area contributed by atoms with Crippen LogP contribution in [0.4, 0.5) is 0 Å². The van der Waals surface area contributed by atoms with Crippen molar-refractivity contribution in [2.75, 3.05) is 0 Å². The minimum absolute atomic E-state index is 0.358. The molecule has 3 heteroatoms. The lowest BCUT2D eigenvalue weighted by molar-refractivity contribution is -0.128. The molecule has 2 nitrogen and oxygen atoms in total. The van der Waals surface area contributed by atoms with Gasteiger partial charge in [-0.1, -0.05) is 24.2 Å². The van der Waals surface area contributed by atoms with Crippen molar-refractivity contribution in [1.82, 2.24) is 0 Å². The maximum absolute atomic E-state index is 10.8. The van der Waals surface area contributed by atoms with Crippen LogP contribution in [0.3, 0.4) is 0 Å². The van der Waals surface area contributed by atoms with Crippen molar-refractivity contribution >= 4 is 17.6 Å². The Labute approximate surface area is 81.8 Å². The van der Waals surface area contributed by atoms with Crippen LogP contribution in [0.15, 0.2) is 30.9 Å². The molecule has 0 aliphatic rings. The summed E-state index contributed by atoms with van der Waals surface area (Å²) in [6.07, 6.45) is 1.09. The molecule has 68 valence electrons. The SMILES string of the molecule is C=CC(=O)Oc1ccc(C)cc1Cl. The Hall–Kier alpha value is -1.28. The second-order valence-corrected chi connectivity index (χ2v) is 2.97. The van der Waals surface area contributed by atoms with Crippen molar-refractivity contribution in [3.63, 3.8) is 0 Å². The van der Waals surface area contributed by atoms with Crippen molar-refractivity contribution in [2.24, 2.45) is 0 Å². The van der Waals surface area contributed by atoms with Crippen LogP contribution in [0.25, 0.3) is 0 Å². The minimum atomic E-state index is -0.509. The van der Waals surface area contributed by atoms with E-state index >= 15 is 0 Å². The van der Waals surface area contributed by atoms with Crippen molar-refractivity contribution in [1.29, 1.82) is 0 Å². The molecule has 0 bridgehead atoms. The Bertz CT molecular complexity index is 345. The van der Waals surface area contributed by atoms with Crippen molar-refractivity contribution in [3.8, 4) is 5.75 Å². The van der Waals surface area contributed by atoms with Crippen molar-refractivity contribution < 1.29 is 9.53 Å². The third-order valence-electron chi connectivity index (χ3n) is 1.46. The number of carbonyl (C=O) groups excluding carboxylic acids is 1. The largest absolute Gasteiger partial charge is 0.422 e. The van der Waals surface area contributed by atoms with E-state index in [-0.39, 0.29) is 0 Å². The molecule has 1 aromatic rings. The van der Waals surface area contributed by atoms with E-state index in [9.17, 15) is 4.79 Å². The highest BCUT2D eigenvalue weighted by Crippen LogP contribution is 2.25. The molecule has 0 saturated heterocycles. The molecule has 0 radical (unpaired) electrons. The first-order chi connectivity index (χ1) is 6.13. The molecule has 0 aromatic heterocycles. The Balaban J connectivity index is 2.89. The molecule has 0 atom stereocenters. The molecular weight excluding hydrogens is 188 g/mol. The molecule has 0 fully saturated rings. The van der Waals surface area contributed by atoms with E-state index in [4.69, 9.17) is 16.3 Å². The normalized spacial score (nSPS) is 9.38. The van der Waals surface area contributed by atoms with Gasteiger partial charge in [-0.25, -0.2) is 4.79 Å². The number of hydrogen-bond donors (Lipinski definition) is 0. The van der Waals surface area contributed by atoms with Gasteiger partial charge in [0.1, 0.15) is 5.75 Å². The number of carbonyl (C=O) groups is 1. The van der Waals surface area contributed by atoms with Crippen LogP contribution in [0.1, 0.15) is 5.56 Å². The number of ether oxygens (including phenoxy) is 1. The summed E-state index contributed by atoms with van der Waals surface area (Å²) in [5, 5.41) is 0.426. The molecule has 0 unspecified atom stereocenters. The van der Waals surface area contributed by atoms with Crippen LogP contribution in [-0.2, 0) is 4.79 Å². The maximum atomic E-state index is 10.8. The Morgan fingerprint density at radius 1 is 1.62 bits per heavy atom. The summed E-state index contributed by atoms with van der Waals surface area (Å²) < 4.78 is 4.86. The standard InChI is InChI=1S/C10H9ClO2/c1-3-10(12)13-9-5-4-7(2)6-8(9)11/h3-6H,1H2,2H3. The van der Waals surface area contributed by atoms with Gasteiger partial charge in [0.05, 0.1) is 5.02 Å². The van der Waals surface area contributed by atoms with Gasteiger partial charge in [-0.2, -0.15) is 0 Å². The molecule has 0 aliphatic carbocycles. The van der Waals surface area contributed by atoms with Crippen LogP contribution < -0.4 is 4.74 Å². The van der Waals surface area contributed by atoms with E-state index in [1.165, 1.54) is 0 Å². The molecule has 1 rings (SSSR count). The Morgan fingerprint density at radius 2 is 2.31 bits per heavy atom. The van der Waals surface area contributed by atoms with Gasteiger partial charge in [0.2, 0.25) is 0 Å². The summed E-state index contributed by atoms with van der Waals surface area (Å²) in [5.74, 6) is -0.150. The highest BCUT2D eigenvalue weighted by atomic mass is 35.5. The van der Waals surface area contributed by atoms with Gasteiger partial charge < -0.3 is 4.74 Å². The molecule has 0 heterocycles. The van der Waals surface area contributed by atoms with Crippen molar-refractivity contribution in [3.05, 3.63) is 41.4 Å². The highest BCUT2D eigenvalue weighted by molar-refractivity contribution is 6.32. The second kappa shape index (κ2) is 4.10. The molecular formula is C10H9ClO2. The second-order valence-electron chi connectivity index (χ2n) is 2.56. The molecule has 0 aliphatic heterocycles. The molecule has 0 spiro atoms. The van der Waals surface area contributed by atoms with Gasteiger partial charge in [0.15, 0.2) is 0 Å². The van der Waals surface area contributed by atoms with E-state index in [1.54, 1.807) is 12.1 Å². The number of hydrogen-bond acceptors (Lipinski definition) is 2. The van der Waals surface area contributed by atoms with Crippen molar-refractivity contribution in [2.45, 2.75) is 6.92 Å². The number of aryl methyl sites for hydroxylation is 1. The average Bonchev–Trinajstić information content (AvgIpc) is 2.09. The fourth-order valence-electron chi connectivity index (χ4n) is 0.839. The fourth-order valence-corrected chi connectivity index (χ4v) is 1.11. The predicted molar refractivity (Wildman–Crippen MR) is 52.0 cm³/mol. The lowest BCUT2D eigenvalue weighted by Gasteiger charge is -2.03. The number of esters is 1. The van der Waals surface area contributed by atoms with Crippen LogP contribution in [0.5, 0.6) is 5.75 Å². The summed E-state index contributed by atoms with van der Waals surface area (Å²) in [6, 6.07) is 5.20. The third-order valence-corrected chi connectivity index (χ3v) is 1.76. The monoisotopic (exact) mass is 196 g/mol. The lowest BCUT2D eigenvalue weighted by atomic mass is 10.2. The van der Waals surface area contributed by atoms with Gasteiger partial charge in [0.25, 0.3) is 0 Å².